The monoisotopic (exact) mass is 437 g/mol. The number of carbonyl (C=O) groups excluding carboxylic acids is 1. The Labute approximate surface area is 185 Å². The Morgan fingerprint density at radius 2 is 1.91 bits per heavy atom. The molecule has 0 radical (unpaired) electrons. The lowest BCUT2D eigenvalue weighted by molar-refractivity contribution is -0.904. The van der Waals surface area contributed by atoms with Gasteiger partial charge < -0.3 is 10.1 Å². The SMILES string of the molecule is CC(C(=O)Nc1cnc(Oc2ccc(F)cc2)cn1)C1CCCC(c2cc[n+](O)cc2)C1. The van der Waals surface area contributed by atoms with E-state index >= 15 is 0 Å². The lowest BCUT2D eigenvalue weighted by Crippen LogP contribution is -2.31. The number of amides is 1. The van der Waals surface area contributed by atoms with E-state index < -0.39 is 0 Å². The maximum atomic E-state index is 13.0. The summed E-state index contributed by atoms with van der Waals surface area (Å²) in [5.41, 5.74) is 1.19. The van der Waals surface area contributed by atoms with Crippen molar-refractivity contribution < 1.29 is 23.9 Å². The van der Waals surface area contributed by atoms with Crippen LogP contribution in [0.5, 0.6) is 11.6 Å². The first-order valence-corrected chi connectivity index (χ1v) is 10.7. The molecule has 0 aliphatic heterocycles. The van der Waals surface area contributed by atoms with Crippen molar-refractivity contribution in [3.05, 3.63) is 72.6 Å². The van der Waals surface area contributed by atoms with E-state index in [4.69, 9.17) is 4.74 Å². The van der Waals surface area contributed by atoms with Gasteiger partial charge in [-0.3, -0.25) is 10.0 Å². The summed E-state index contributed by atoms with van der Waals surface area (Å²) >= 11 is 0. The lowest BCUT2D eigenvalue weighted by atomic mass is 9.73. The first-order chi connectivity index (χ1) is 15.5. The van der Waals surface area contributed by atoms with Crippen LogP contribution in [0.2, 0.25) is 0 Å². The van der Waals surface area contributed by atoms with Crippen LogP contribution in [0.25, 0.3) is 0 Å². The number of rotatable bonds is 6. The standard InChI is InChI=1S/C24H25FN4O3/c1-16(18-3-2-4-19(13-18)17-9-11-29(31)12-10-17)24(30)28-22-14-27-23(15-26-22)32-21-7-5-20(25)6-8-21/h5-12,14-16,18-19H,2-4,13H2,1H3,(H-,26,28,30,31)/p+1. The Morgan fingerprint density at radius 1 is 1.16 bits per heavy atom. The largest absolute Gasteiger partial charge is 0.438 e. The van der Waals surface area contributed by atoms with E-state index in [9.17, 15) is 14.4 Å². The van der Waals surface area contributed by atoms with Crippen LogP contribution in [0, 0.1) is 17.7 Å². The van der Waals surface area contributed by atoms with E-state index in [0.717, 1.165) is 30.4 Å². The van der Waals surface area contributed by atoms with Gasteiger partial charge in [-0.1, -0.05) is 13.3 Å². The molecule has 32 heavy (non-hydrogen) atoms. The molecule has 1 saturated carbocycles. The van der Waals surface area contributed by atoms with E-state index in [2.05, 4.69) is 15.3 Å². The minimum atomic E-state index is -0.345. The van der Waals surface area contributed by atoms with E-state index in [1.807, 2.05) is 19.1 Å². The molecule has 8 heteroatoms. The molecule has 1 aliphatic rings. The quantitative estimate of drug-likeness (QED) is 0.438. The topological polar surface area (TPSA) is 88.2 Å². The highest BCUT2D eigenvalue weighted by molar-refractivity contribution is 5.91. The number of hydrogen-bond acceptors (Lipinski definition) is 5. The predicted molar refractivity (Wildman–Crippen MR) is 115 cm³/mol. The van der Waals surface area contributed by atoms with Crippen LogP contribution >= 0.6 is 0 Å². The van der Waals surface area contributed by atoms with Crippen LogP contribution in [0.15, 0.2) is 61.2 Å². The molecule has 1 aromatic carbocycles. The van der Waals surface area contributed by atoms with Gasteiger partial charge in [0, 0.05) is 22.8 Å². The molecule has 1 amide bonds. The number of nitrogens with one attached hydrogen (secondary N) is 1. The molecule has 2 heterocycles. The molecule has 2 aromatic heterocycles. The lowest BCUT2D eigenvalue weighted by Gasteiger charge is -2.32. The van der Waals surface area contributed by atoms with Gasteiger partial charge in [0.25, 0.3) is 0 Å². The van der Waals surface area contributed by atoms with Crippen molar-refractivity contribution in [2.24, 2.45) is 11.8 Å². The highest BCUT2D eigenvalue weighted by atomic mass is 19.1. The highest BCUT2D eigenvalue weighted by Crippen LogP contribution is 2.39. The number of ether oxygens (including phenoxy) is 1. The molecule has 166 valence electrons. The summed E-state index contributed by atoms with van der Waals surface area (Å²) in [5, 5.41) is 12.3. The Morgan fingerprint density at radius 3 is 2.59 bits per heavy atom. The molecule has 1 fully saturated rings. The van der Waals surface area contributed by atoms with Crippen LogP contribution in [-0.4, -0.2) is 21.1 Å². The maximum Gasteiger partial charge on any atom is 0.237 e. The highest BCUT2D eigenvalue weighted by Gasteiger charge is 2.31. The number of halogens is 1. The first-order valence-electron chi connectivity index (χ1n) is 10.7. The second-order valence-electron chi connectivity index (χ2n) is 8.21. The van der Waals surface area contributed by atoms with Crippen LogP contribution < -0.4 is 14.8 Å². The molecule has 1 aliphatic carbocycles. The van der Waals surface area contributed by atoms with Gasteiger partial charge in [0.15, 0.2) is 5.82 Å². The zero-order valence-corrected chi connectivity index (χ0v) is 17.8. The van der Waals surface area contributed by atoms with E-state index in [1.54, 1.807) is 12.4 Å². The Bertz CT molecular complexity index is 1040. The van der Waals surface area contributed by atoms with Gasteiger partial charge in [0.1, 0.15) is 11.6 Å². The molecule has 2 N–H and O–H groups in total. The Balaban J connectivity index is 1.33. The minimum absolute atomic E-state index is 0.0848. The van der Waals surface area contributed by atoms with Gasteiger partial charge in [-0.2, -0.15) is 0 Å². The van der Waals surface area contributed by atoms with Crippen molar-refractivity contribution in [2.45, 2.75) is 38.5 Å². The second-order valence-corrected chi connectivity index (χ2v) is 8.21. The number of hydrogen-bond donors (Lipinski definition) is 2. The maximum absolute atomic E-state index is 13.0. The summed E-state index contributed by atoms with van der Waals surface area (Å²) in [4.78, 5) is 21.2. The number of aromatic nitrogens is 3. The zero-order valence-electron chi connectivity index (χ0n) is 17.8. The van der Waals surface area contributed by atoms with E-state index in [0.29, 0.717) is 17.5 Å². The van der Waals surface area contributed by atoms with Crippen LogP contribution in [0.1, 0.15) is 44.1 Å². The van der Waals surface area contributed by atoms with E-state index in [1.165, 1.54) is 42.2 Å². The van der Waals surface area contributed by atoms with Crippen molar-refractivity contribution in [3.8, 4) is 11.6 Å². The average molecular weight is 437 g/mol. The van der Waals surface area contributed by atoms with Gasteiger partial charge in [-0.05, 0) is 60.9 Å². The molecule has 0 bridgehead atoms. The average Bonchev–Trinajstić information content (AvgIpc) is 2.82. The third kappa shape index (κ3) is 5.38. The molecule has 0 spiro atoms. The van der Waals surface area contributed by atoms with E-state index in [-0.39, 0.29) is 29.4 Å². The molecule has 0 saturated heterocycles. The summed E-state index contributed by atoms with van der Waals surface area (Å²) in [6, 6.07) is 9.47. The Kier molecular flexibility index (Phi) is 6.58. The van der Waals surface area contributed by atoms with Gasteiger partial charge >= 0.3 is 0 Å². The fraction of sp³-hybridized carbons (Fsp3) is 0.333. The number of carbonyl (C=O) groups is 1. The molecular weight excluding hydrogens is 411 g/mol. The van der Waals surface area contributed by atoms with Crippen molar-refractivity contribution in [2.75, 3.05) is 5.32 Å². The minimum Gasteiger partial charge on any atom is -0.438 e. The molecule has 3 atom stereocenters. The summed E-state index contributed by atoms with van der Waals surface area (Å²) in [5.74, 6) is 1.12. The number of pyridine rings is 1. The fourth-order valence-corrected chi connectivity index (χ4v) is 4.20. The van der Waals surface area contributed by atoms with Crippen molar-refractivity contribution in [1.29, 1.82) is 0 Å². The second kappa shape index (κ2) is 9.72. The van der Waals surface area contributed by atoms with Crippen molar-refractivity contribution >= 4 is 11.7 Å². The smallest absolute Gasteiger partial charge is 0.237 e. The molecular formula is C24H26FN4O3+. The zero-order chi connectivity index (χ0) is 22.5. The van der Waals surface area contributed by atoms with Crippen LogP contribution in [-0.2, 0) is 4.79 Å². The fourth-order valence-electron chi connectivity index (χ4n) is 4.20. The first kappa shape index (κ1) is 21.7. The number of anilines is 1. The van der Waals surface area contributed by atoms with Crippen molar-refractivity contribution in [3.63, 3.8) is 0 Å². The van der Waals surface area contributed by atoms with Gasteiger partial charge in [-0.15, -0.1) is 0 Å². The molecule has 3 aromatic rings. The molecule has 7 nitrogen and oxygen atoms in total. The summed E-state index contributed by atoms with van der Waals surface area (Å²) in [7, 11) is 0. The van der Waals surface area contributed by atoms with Crippen molar-refractivity contribution in [1.82, 2.24) is 9.97 Å². The van der Waals surface area contributed by atoms with Gasteiger partial charge in [0.2, 0.25) is 24.2 Å². The normalized spacial score (nSPS) is 19.2. The Hall–Kier alpha value is -3.55. The third-order valence-electron chi connectivity index (χ3n) is 6.06. The predicted octanol–water partition coefficient (Wildman–Crippen LogP) is 4.48. The van der Waals surface area contributed by atoms with Crippen LogP contribution in [0.3, 0.4) is 0 Å². The van der Waals surface area contributed by atoms with Gasteiger partial charge in [0.05, 0.1) is 12.4 Å². The number of nitrogens with zero attached hydrogens (tertiary/aromatic N) is 3. The molecule has 4 rings (SSSR count). The molecule has 3 unspecified atom stereocenters. The van der Waals surface area contributed by atoms with Gasteiger partial charge in [-0.25, -0.2) is 14.4 Å². The summed E-state index contributed by atoms with van der Waals surface area (Å²) in [6.45, 7) is 1.95. The summed E-state index contributed by atoms with van der Waals surface area (Å²) < 4.78 is 19.6. The van der Waals surface area contributed by atoms with Crippen LogP contribution in [0.4, 0.5) is 10.2 Å². The number of benzene rings is 1. The third-order valence-corrected chi connectivity index (χ3v) is 6.06. The summed E-state index contributed by atoms with van der Waals surface area (Å²) in [6.07, 6.45) is 10.2.